The largest absolute Gasteiger partial charge is 0.477 e. The van der Waals surface area contributed by atoms with Gasteiger partial charge in [-0.2, -0.15) is 0 Å². The average molecular weight is 461 g/mol. The first-order valence-corrected chi connectivity index (χ1v) is 12.3. The molecule has 7 heteroatoms. The molecule has 1 saturated carbocycles. The van der Waals surface area contributed by atoms with Crippen molar-refractivity contribution in [2.45, 2.75) is 67.2 Å². The first-order chi connectivity index (χ1) is 15.0. The molecule has 0 unspecified atom stereocenters. The van der Waals surface area contributed by atoms with Gasteiger partial charge in [0.05, 0.1) is 10.6 Å². The van der Waals surface area contributed by atoms with E-state index >= 15 is 0 Å². The number of rotatable bonds is 7. The minimum atomic E-state index is -1.11. The topological polar surface area (TPSA) is 77.9 Å². The summed E-state index contributed by atoms with van der Waals surface area (Å²) in [4.78, 5) is 42.2. The summed E-state index contributed by atoms with van der Waals surface area (Å²) in [6.45, 7) is 12.8. The van der Waals surface area contributed by atoms with Crippen molar-refractivity contribution < 1.29 is 19.5 Å². The second-order valence-electron chi connectivity index (χ2n) is 9.58. The van der Waals surface area contributed by atoms with E-state index in [1.54, 1.807) is 11.0 Å². The van der Waals surface area contributed by atoms with Gasteiger partial charge in [-0.15, -0.1) is 11.3 Å². The maximum atomic E-state index is 13.6. The summed E-state index contributed by atoms with van der Waals surface area (Å²) in [5.74, 6) is 5.11. The molecular weight excluding hydrogens is 424 g/mol. The zero-order valence-corrected chi connectivity index (χ0v) is 21.0. The number of nitrogens with zero attached hydrogens (tertiary/aromatic N) is 2. The molecule has 1 aliphatic rings. The molecule has 0 atom stereocenters. The van der Waals surface area contributed by atoms with Gasteiger partial charge in [0.25, 0.3) is 0 Å². The van der Waals surface area contributed by atoms with Crippen molar-refractivity contribution in [3.8, 4) is 11.8 Å². The van der Waals surface area contributed by atoms with Crippen molar-refractivity contribution >= 4 is 34.8 Å². The molecule has 0 saturated heterocycles. The fraction of sp³-hybridized carbons (Fsp3) is 0.640. The third kappa shape index (κ3) is 6.83. The zero-order chi connectivity index (χ0) is 24.1. The van der Waals surface area contributed by atoms with Crippen LogP contribution in [0.25, 0.3) is 0 Å². The van der Waals surface area contributed by atoms with Gasteiger partial charge in [-0.1, -0.05) is 18.8 Å². The molecule has 0 aromatic carbocycles. The molecule has 1 N–H and O–H groups in total. The molecule has 1 aliphatic carbocycles. The number of hydrogen-bond acceptors (Lipinski definition) is 4. The van der Waals surface area contributed by atoms with Crippen LogP contribution in [0.2, 0.25) is 0 Å². The Balaban J connectivity index is 2.48. The summed E-state index contributed by atoms with van der Waals surface area (Å²) in [6, 6.07) is 1.66. The smallest absolute Gasteiger partial charge is 0.348 e. The van der Waals surface area contributed by atoms with E-state index in [1.807, 2.05) is 34.6 Å². The minimum Gasteiger partial charge on any atom is -0.477 e. The van der Waals surface area contributed by atoms with Gasteiger partial charge in [-0.3, -0.25) is 9.59 Å². The first-order valence-electron chi connectivity index (χ1n) is 11.5. The Hall–Kier alpha value is -2.33. The van der Waals surface area contributed by atoms with E-state index in [1.165, 1.54) is 4.90 Å². The fourth-order valence-corrected chi connectivity index (χ4v) is 4.72. The van der Waals surface area contributed by atoms with E-state index in [9.17, 15) is 19.5 Å². The lowest BCUT2D eigenvalue weighted by molar-refractivity contribution is -0.132. The number of anilines is 1. The Morgan fingerprint density at radius 3 is 2.22 bits per heavy atom. The van der Waals surface area contributed by atoms with Crippen molar-refractivity contribution in [3.05, 3.63) is 15.8 Å². The van der Waals surface area contributed by atoms with Crippen molar-refractivity contribution in [1.29, 1.82) is 0 Å². The predicted octanol–water partition coefficient (Wildman–Crippen LogP) is 4.87. The van der Waals surface area contributed by atoms with Crippen molar-refractivity contribution in [2.24, 2.45) is 17.3 Å². The van der Waals surface area contributed by atoms with Crippen molar-refractivity contribution in [2.75, 3.05) is 24.5 Å². The van der Waals surface area contributed by atoms with Gasteiger partial charge >= 0.3 is 5.97 Å². The fourth-order valence-electron chi connectivity index (χ4n) is 3.87. The van der Waals surface area contributed by atoms with Crippen LogP contribution < -0.4 is 4.90 Å². The molecule has 0 radical (unpaired) electrons. The van der Waals surface area contributed by atoms with Crippen molar-refractivity contribution in [3.63, 3.8) is 0 Å². The van der Waals surface area contributed by atoms with E-state index < -0.39 is 5.97 Å². The third-order valence-electron chi connectivity index (χ3n) is 5.80. The standard InChI is InChI=1S/C25H36N2O4S/c1-7-26(8-2)21(28)16-27(23(29)18-11-9-17(3)10-12-18)20-15-19(13-14-25(4,5)6)32-22(20)24(30)31/h15,17-18H,7-12,16H2,1-6H3,(H,30,31)/t17-,18-. The monoisotopic (exact) mass is 460 g/mol. The number of carbonyl (C=O) groups is 3. The molecule has 32 heavy (non-hydrogen) atoms. The second-order valence-corrected chi connectivity index (χ2v) is 10.6. The van der Waals surface area contributed by atoms with Crippen LogP contribution in [0.4, 0.5) is 5.69 Å². The zero-order valence-electron chi connectivity index (χ0n) is 20.2. The van der Waals surface area contributed by atoms with Gasteiger partial charge in [0.2, 0.25) is 11.8 Å². The molecular formula is C25H36N2O4S. The lowest BCUT2D eigenvalue weighted by atomic mass is 9.82. The molecule has 176 valence electrons. The number of amides is 2. The van der Waals surface area contributed by atoms with E-state index in [-0.39, 0.29) is 40.3 Å². The van der Waals surface area contributed by atoms with Crippen LogP contribution in [0.1, 0.15) is 81.8 Å². The summed E-state index contributed by atoms with van der Waals surface area (Å²) in [7, 11) is 0. The predicted molar refractivity (Wildman–Crippen MR) is 129 cm³/mol. The second kappa shape index (κ2) is 11.0. The molecule has 1 heterocycles. The van der Waals surface area contributed by atoms with E-state index in [0.717, 1.165) is 37.0 Å². The summed E-state index contributed by atoms with van der Waals surface area (Å²) < 4.78 is 0. The number of carboxylic acids is 1. The van der Waals surface area contributed by atoms with Gasteiger partial charge in [-0.05, 0) is 72.3 Å². The Kier molecular flexibility index (Phi) is 8.91. The first kappa shape index (κ1) is 25.9. The number of carboxylic acid groups (broad SMARTS) is 1. The number of carbonyl (C=O) groups excluding carboxylic acids is 2. The van der Waals surface area contributed by atoms with Crippen LogP contribution in [0.15, 0.2) is 6.07 Å². The molecule has 0 spiro atoms. The van der Waals surface area contributed by atoms with Gasteiger partial charge < -0.3 is 14.9 Å². The number of aromatic carboxylic acids is 1. The average Bonchev–Trinajstić information content (AvgIpc) is 3.15. The Morgan fingerprint density at radius 2 is 1.72 bits per heavy atom. The maximum Gasteiger partial charge on any atom is 0.348 e. The summed E-state index contributed by atoms with van der Waals surface area (Å²) >= 11 is 1.06. The molecule has 1 fully saturated rings. The van der Waals surface area contributed by atoms with Gasteiger partial charge in [0.15, 0.2) is 0 Å². The number of thiophene rings is 1. The summed E-state index contributed by atoms with van der Waals surface area (Å²) in [6.07, 6.45) is 3.45. The quantitative estimate of drug-likeness (QED) is 0.589. The normalized spacial score (nSPS) is 18.4. The highest BCUT2D eigenvalue weighted by Gasteiger charge is 2.33. The highest BCUT2D eigenvalue weighted by atomic mass is 32.1. The lowest BCUT2D eigenvalue weighted by Crippen LogP contribution is -2.46. The van der Waals surface area contributed by atoms with Crippen LogP contribution in [0.3, 0.4) is 0 Å². The molecule has 0 bridgehead atoms. The Morgan fingerprint density at radius 1 is 1.12 bits per heavy atom. The Bertz CT molecular complexity index is 891. The van der Waals surface area contributed by atoms with Crippen LogP contribution >= 0.6 is 11.3 Å². The minimum absolute atomic E-state index is 0.0492. The lowest BCUT2D eigenvalue weighted by Gasteiger charge is -2.32. The SMILES string of the molecule is CCN(CC)C(=O)CN(c1cc(C#CC(C)(C)C)sc1C(=O)O)C(=O)[C@H]1CC[C@H](C)CC1. The number of likely N-dealkylation sites (N-methyl/N-ethyl adjacent to an activating group) is 1. The third-order valence-corrected chi connectivity index (χ3v) is 6.83. The van der Waals surface area contributed by atoms with Crippen LogP contribution in [0, 0.1) is 29.1 Å². The van der Waals surface area contributed by atoms with E-state index in [2.05, 4.69) is 18.8 Å². The molecule has 2 rings (SSSR count). The van der Waals surface area contributed by atoms with Crippen LogP contribution in [0.5, 0.6) is 0 Å². The maximum absolute atomic E-state index is 13.6. The highest BCUT2D eigenvalue weighted by Crippen LogP contribution is 2.35. The highest BCUT2D eigenvalue weighted by molar-refractivity contribution is 7.15. The van der Waals surface area contributed by atoms with E-state index in [4.69, 9.17) is 0 Å². The molecule has 6 nitrogen and oxygen atoms in total. The molecule has 1 aromatic heterocycles. The molecule has 0 aliphatic heterocycles. The van der Waals surface area contributed by atoms with Gasteiger partial charge in [0, 0.05) is 24.4 Å². The summed E-state index contributed by atoms with van der Waals surface area (Å²) in [5, 5.41) is 9.85. The molecule has 1 aromatic rings. The van der Waals surface area contributed by atoms with Crippen LogP contribution in [-0.2, 0) is 9.59 Å². The number of hydrogen-bond donors (Lipinski definition) is 1. The Labute approximate surface area is 196 Å². The summed E-state index contributed by atoms with van der Waals surface area (Å²) in [5.41, 5.74) is 0.0467. The van der Waals surface area contributed by atoms with Gasteiger partial charge in [-0.25, -0.2) is 4.79 Å². The molecule has 2 amide bonds. The van der Waals surface area contributed by atoms with Gasteiger partial charge in [0.1, 0.15) is 11.4 Å². The van der Waals surface area contributed by atoms with Crippen LogP contribution in [-0.4, -0.2) is 47.4 Å². The van der Waals surface area contributed by atoms with Crippen molar-refractivity contribution in [1.82, 2.24) is 4.90 Å². The van der Waals surface area contributed by atoms with E-state index in [0.29, 0.717) is 23.9 Å².